The minimum Gasteiger partial charge on any atom is -0.478 e. The largest absolute Gasteiger partial charge is 0.478 e. The highest BCUT2D eigenvalue weighted by Crippen LogP contribution is 2.34. The third kappa shape index (κ3) is 3.91. The van der Waals surface area contributed by atoms with Gasteiger partial charge < -0.3 is 18.3 Å². The number of esters is 1. The van der Waals surface area contributed by atoms with E-state index in [4.69, 9.17) is 18.3 Å². The number of nitrogens with zero attached hydrogens (tertiary/aromatic N) is 1. The molecule has 3 heterocycles. The van der Waals surface area contributed by atoms with Crippen molar-refractivity contribution in [3.63, 3.8) is 0 Å². The van der Waals surface area contributed by atoms with Gasteiger partial charge in [-0.2, -0.15) is 0 Å². The van der Waals surface area contributed by atoms with Crippen LogP contribution < -0.4 is 10.4 Å². The lowest BCUT2D eigenvalue weighted by Gasteiger charge is -2.28. The van der Waals surface area contributed by atoms with Gasteiger partial charge in [0, 0.05) is 23.9 Å². The fourth-order valence-electron chi connectivity index (χ4n) is 3.68. The summed E-state index contributed by atoms with van der Waals surface area (Å²) in [7, 11) is 0. The molecular formula is C22H23NO6. The van der Waals surface area contributed by atoms with E-state index in [-0.39, 0.29) is 12.4 Å². The predicted molar refractivity (Wildman–Crippen MR) is 106 cm³/mol. The van der Waals surface area contributed by atoms with Gasteiger partial charge >= 0.3 is 11.6 Å². The van der Waals surface area contributed by atoms with Gasteiger partial charge in [0.2, 0.25) is 0 Å². The first-order valence-corrected chi connectivity index (χ1v) is 9.68. The smallest absolute Gasteiger partial charge is 0.339 e. The number of hydrogen-bond acceptors (Lipinski definition) is 7. The molecule has 0 bridgehead atoms. The maximum absolute atomic E-state index is 12.7. The normalized spacial score (nSPS) is 13.9. The number of fused-ring (bicyclic) bond motifs is 3. The molecule has 0 N–H and O–H groups in total. The zero-order valence-electron chi connectivity index (χ0n) is 16.5. The molecule has 0 fully saturated rings. The van der Waals surface area contributed by atoms with E-state index in [0.29, 0.717) is 44.0 Å². The number of benzene rings is 1. The summed E-state index contributed by atoms with van der Waals surface area (Å²) >= 11 is 0. The molecule has 0 aliphatic carbocycles. The third-order valence-corrected chi connectivity index (χ3v) is 5.14. The Kier molecular flexibility index (Phi) is 5.40. The first-order valence-electron chi connectivity index (χ1n) is 9.68. The van der Waals surface area contributed by atoms with E-state index in [0.717, 1.165) is 28.0 Å². The number of furan rings is 1. The number of carbonyl (C=O) groups is 1. The Balaban J connectivity index is 1.65. The van der Waals surface area contributed by atoms with E-state index < -0.39 is 5.63 Å². The van der Waals surface area contributed by atoms with Crippen molar-refractivity contribution in [1.82, 2.24) is 4.90 Å². The molecule has 7 nitrogen and oxygen atoms in total. The summed E-state index contributed by atoms with van der Waals surface area (Å²) in [5.41, 5.74) is 2.29. The topological polar surface area (TPSA) is 82.1 Å². The van der Waals surface area contributed by atoms with Crippen LogP contribution in [0.25, 0.3) is 11.0 Å². The van der Waals surface area contributed by atoms with Gasteiger partial charge in [-0.1, -0.05) is 0 Å². The SMILES string of the molecule is CCOC(=O)CCc1c(C)c2ccc3c(c2oc1=O)CN(Cc1ccco1)CO3. The minimum absolute atomic E-state index is 0.149. The molecule has 0 unspecified atom stereocenters. The summed E-state index contributed by atoms with van der Waals surface area (Å²) < 4.78 is 22.0. The summed E-state index contributed by atoms with van der Waals surface area (Å²) in [4.78, 5) is 26.4. The van der Waals surface area contributed by atoms with Crippen LogP contribution in [-0.4, -0.2) is 24.2 Å². The molecule has 0 saturated carbocycles. The first kappa shape index (κ1) is 19.3. The Hall–Kier alpha value is -3.06. The highest BCUT2D eigenvalue weighted by Gasteiger charge is 2.24. The average Bonchev–Trinajstić information content (AvgIpc) is 3.21. The zero-order valence-corrected chi connectivity index (χ0v) is 16.5. The van der Waals surface area contributed by atoms with Gasteiger partial charge in [-0.15, -0.1) is 0 Å². The number of rotatable bonds is 6. The quantitative estimate of drug-likeness (QED) is 0.465. The van der Waals surface area contributed by atoms with Gasteiger partial charge in [-0.3, -0.25) is 9.69 Å². The highest BCUT2D eigenvalue weighted by molar-refractivity contribution is 5.86. The van der Waals surface area contributed by atoms with E-state index in [2.05, 4.69) is 4.90 Å². The molecular weight excluding hydrogens is 374 g/mol. The van der Waals surface area contributed by atoms with E-state index in [1.807, 2.05) is 31.2 Å². The van der Waals surface area contributed by atoms with Gasteiger partial charge in [0.15, 0.2) is 0 Å². The molecule has 152 valence electrons. The monoisotopic (exact) mass is 397 g/mol. The molecule has 0 saturated heterocycles. The van der Waals surface area contributed by atoms with Crippen LogP contribution in [0, 0.1) is 6.92 Å². The maximum Gasteiger partial charge on any atom is 0.339 e. The van der Waals surface area contributed by atoms with Gasteiger partial charge in [-0.05, 0) is 50.1 Å². The zero-order chi connectivity index (χ0) is 20.4. The minimum atomic E-state index is -0.421. The Morgan fingerprint density at radius 2 is 2.14 bits per heavy atom. The number of carbonyl (C=O) groups excluding carboxylic acids is 1. The van der Waals surface area contributed by atoms with Crippen molar-refractivity contribution in [1.29, 1.82) is 0 Å². The number of hydrogen-bond donors (Lipinski definition) is 0. The van der Waals surface area contributed by atoms with Crippen LogP contribution in [0.1, 0.15) is 35.8 Å². The number of ether oxygens (including phenoxy) is 2. The summed E-state index contributed by atoms with van der Waals surface area (Å²) in [6.45, 7) is 5.58. The molecule has 3 aromatic rings. The van der Waals surface area contributed by atoms with Crippen LogP contribution in [0.15, 0.2) is 44.2 Å². The van der Waals surface area contributed by atoms with Crippen molar-refractivity contribution >= 4 is 16.9 Å². The van der Waals surface area contributed by atoms with E-state index in [9.17, 15) is 9.59 Å². The highest BCUT2D eigenvalue weighted by atomic mass is 16.5. The van der Waals surface area contributed by atoms with Crippen LogP contribution in [0.4, 0.5) is 0 Å². The molecule has 29 heavy (non-hydrogen) atoms. The van der Waals surface area contributed by atoms with Crippen LogP contribution in [0.5, 0.6) is 5.75 Å². The van der Waals surface area contributed by atoms with Crippen molar-refractivity contribution in [2.75, 3.05) is 13.3 Å². The third-order valence-electron chi connectivity index (χ3n) is 5.14. The molecule has 0 spiro atoms. The molecule has 7 heteroatoms. The Morgan fingerprint density at radius 1 is 1.28 bits per heavy atom. The van der Waals surface area contributed by atoms with Crippen LogP contribution >= 0.6 is 0 Å². The van der Waals surface area contributed by atoms with E-state index in [1.165, 1.54) is 0 Å². The predicted octanol–water partition coefficient (Wildman–Crippen LogP) is 3.54. The van der Waals surface area contributed by atoms with Gasteiger partial charge in [0.05, 0.1) is 25.0 Å². The second kappa shape index (κ2) is 8.13. The molecule has 0 radical (unpaired) electrons. The molecule has 1 aromatic carbocycles. The van der Waals surface area contributed by atoms with E-state index in [1.54, 1.807) is 13.2 Å². The van der Waals surface area contributed by atoms with Gasteiger partial charge in [0.1, 0.15) is 23.8 Å². The van der Waals surface area contributed by atoms with Crippen LogP contribution in [-0.2, 0) is 29.0 Å². The molecule has 0 atom stereocenters. The molecule has 1 aliphatic rings. The lowest BCUT2D eigenvalue weighted by atomic mass is 9.99. The number of aryl methyl sites for hydroxylation is 1. The molecule has 2 aromatic heterocycles. The second-order valence-electron chi connectivity index (χ2n) is 7.06. The lowest BCUT2D eigenvalue weighted by molar-refractivity contribution is -0.143. The maximum atomic E-state index is 12.7. The Bertz CT molecular complexity index is 1080. The average molecular weight is 397 g/mol. The molecule has 1 aliphatic heterocycles. The summed E-state index contributed by atoms with van der Waals surface area (Å²) in [6.07, 6.45) is 2.08. The van der Waals surface area contributed by atoms with Gasteiger partial charge in [-0.25, -0.2) is 4.79 Å². The van der Waals surface area contributed by atoms with Gasteiger partial charge in [0.25, 0.3) is 0 Å². The summed E-state index contributed by atoms with van der Waals surface area (Å²) in [5, 5.41) is 0.852. The molecule has 4 rings (SSSR count). The van der Waals surface area contributed by atoms with Crippen molar-refractivity contribution in [3.8, 4) is 5.75 Å². The Morgan fingerprint density at radius 3 is 2.90 bits per heavy atom. The van der Waals surface area contributed by atoms with Crippen LogP contribution in [0.2, 0.25) is 0 Å². The Labute approximate surface area is 167 Å². The fraction of sp³-hybridized carbons (Fsp3) is 0.364. The van der Waals surface area contributed by atoms with Crippen molar-refractivity contribution in [3.05, 3.63) is 63.4 Å². The van der Waals surface area contributed by atoms with Crippen molar-refractivity contribution in [2.45, 2.75) is 39.8 Å². The summed E-state index contributed by atoms with van der Waals surface area (Å²) in [5.74, 6) is 1.24. The standard InChI is InChI=1S/C22H23NO6/c1-3-26-20(24)9-7-17-14(2)16-6-8-19-18(21(16)29-22(17)25)12-23(13-28-19)11-15-5-4-10-27-15/h4-6,8,10H,3,7,9,11-13H2,1-2H3. The fourth-order valence-corrected chi connectivity index (χ4v) is 3.68. The van der Waals surface area contributed by atoms with E-state index >= 15 is 0 Å². The van der Waals surface area contributed by atoms with Crippen molar-refractivity contribution < 1.29 is 23.1 Å². The second-order valence-corrected chi connectivity index (χ2v) is 7.06. The van der Waals surface area contributed by atoms with Crippen molar-refractivity contribution in [2.24, 2.45) is 0 Å². The first-order chi connectivity index (χ1) is 14.1. The van der Waals surface area contributed by atoms with Crippen LogP contribution in [0.3, 0.4) is 0 Å². The lowest BCUT2D eigenvalue weighted by Crippen LogP contribution is -2.31. The molecule has 0 amide bonds. The summed E-state index contributed by atoms with van der Waals surface area (Å²) in [6, 6.07) is 7.58.